The summed E-state index contributed by atoms with van der Waals surface area (Å²) in [5.41, 5.74) is 7.82. The molecule has 0 bridgehead atoms. The van der Waals surface area contributed by atoms with Crippen molar-refractivity contribution in [1.82, 2.24) is 0 Å². The fraction of sp³-hybridized carbons (Fsp3) is 0.333. The van der Waals surface area contributed by atoms with Gasteiger partial charge in [0.25, 0.3) is 0 Å². The third kappa shape index (κ3) is 1.32. The van der Waals surface area contributed by atoms with Crippen molar-refractivity contribution in [2.24, 2.45) is 5.73 Å². The summed E-state index contributed by atoms with van der Waals surface area (Å²) in [7, 11) is 0. The summed E-state index contributed by atoms with van der Waals surface area (Å²) < 4.78 is 0. The van der Waals surface area contributed by atoms with Gasteiger partial charge in [0.15, 0.2) is 0 Å². The summed E-state index contributed by atoms with van der Waals surface area (Å²) in [5, 5.41) is 9.83. The molecule has 0 spiro atoms. The second-order valence-electron chi connectivity index (χ2n) is 4.45. The minimum Gasteiger partial charge on any atom is -0.512 e. The molecule has 1 aliphatic rings. The summed E-state index contributed by atoms with van der Waals surface area (Å²) in [6.07, 6.45) is 1.80. The standard InChI is InChI=1S/C12H15NO/c1-12(2,13)11-9-6-4-3-5-8(9)7-10(11)14/h3-7,11,14H,13H2,1-2H3. The van der Waals surface area contributed by atoms with Crippen LogP contribution in [0.1, 0.15) is 30.9 Å². The number of rotatable bonds is 1. The lowest BCUT2D eigenvalue weighted by atomic mass is 9.83. The van der Waals surface area contributed by atoms with E-state index >= 15 is 0 Å². The van der Waals surface area contributed by atoms with Gasteiger partial charge in [0.2, 0.25) is 0 Å². The zero-order valence-corrected chi connectivity index (χ0v) is 8.49. The largest absolute Gasteiger partial charge is 0.512 e. The Kier molecular flexibility index (Phi) is 1.89. The minimum absolute atomic E-state index is 0.0706. The summed E-state index contributed by atoms with van der Waals surface area (Å²) in [6, 6.07) is 7.96. The van der Waals surface area contributed by atoms with E-state index in [9.17, 15) is 5.11 Å². The van der Waals surface area contributed by atoms with Gasteiger partial charge in [-0.3, -0.25) is 0 Å². The Morgan fingerprint density at radius 1 is 1.29 bits per heavy atom. The highest BCUT2D eigenvalue weighted by Gasteiger charge is 2.35. The van der Waals surface area contributed by atoms with Crippen molar-refractivity contribution < 1.29 is 5.11 Å². The predicted octanol–water partition coefficient (Wildman–Crippen LogP) is 2.42. The zero-order valence-electron chi connectivity index (χ0n) is 8.49. The van der Waals surface area contributed by atoms with E-state index in [0.29, 0.717) is 5.76 Å². The lowest BCUT2D eigenvalue weighted by Crippen LogP contribution is -2.39. The number of aliphatic hydroxyl groups is 1. The van der Waals surface area contributed by atoms with Crippen molar-refractivity contribution in [3.05, 3.63) is 41.2 Å². The van der Waals surface area contributed by atoms with Crippen LogP contribution in [0.25, 0.3) is 6.08 Å². The van der Waals surface area contributed by atoms with Gasteiger partial charge in [0.05, 0.1) is 5.92 Å². The molecular formula is C12H15NO. The van der Waals surface area contributed by atoms with E-state index in [-0.39, 0.29) is 5.92 Å². The van der Waals surface area contributed by atoms with Gasteiger partial charge in [-0.05, 0) is 31.1 Å². The maximum absolute atomic E-state index is 9.83. The minimum atomic E-state index is -0.423. The molecule has 2 heteroatoms. The van der Waals surface area contributed by atoms with Crippen LogP contribution in [0.3, 0.4) is 0 Å². The summed E-state index contributed by atoms with van der Waals surface area (Å²) in [5.74, 6) is 0.303. The van der Waals surface area contributed by atoms with E-state index in [4.69, 9.17) is 5.73 Å². The molecule has 2 nitrogen and oxygen atoms in total. The molecule has 0 amide bonds. The molecule has 0 saturated carbocycles. The van der Waals surface area contributed by atoms with Crippen LogP contribution >= 0.6 is 0 Å². The lowest BCUT2D eigenvalue weighted by molar-refractivity contribution is 0.318. The van der Waals surface area contributed by atoms with Crippen molar-refractivity contribution in [2.45, 2.75) is 25.3 Å². The predicted molar refractivity (Wildman–Crippen MR) is 58.1 cm³/mol. The van der Waals surface area contributed by atoms with E-state index < -0.39 is 5.54 Å². The first kappa shape index (κ1) is 9.28. The lowest BCUT2D eigenvalue weighted by Gasteiger charge is -2.28. The number of benzene rings is 1. The second kappa shape index (κ2) is 2.85. The van der Waals surface area contributed by atoms with Crippen LogP contribution in [-0.4, -0.2) is 10.6 Å². The second-order valence-corrected chi connectivity index (χ2v) is 4.45. The van der Waals surface area contributed by atoms with Crippen molar-refractivity contribution >= 4 is 6.08 Å². The van der Waals surface area contributed by atoms with E-state index in [1.54, 1.807) is 6.08 Å². The molecule has 1 unspecified atom stereocenters. The smallest absolute Gasteiger partial charge is 0.102 e. The van der Waals surface area contributed by atoms with Crippen molar-refractivity contribution in [3.8, 4) is 0 Å². The molecular weight excluding hydrogens is 174 g/mol. The monoisotopic (exact) mass is 189 g/mol. The number of hydrogen-bond acceptors (Lipinski definition) is 2. The molecule has 0 radical (unpaired) electrons. The Hall–Kier alpha value is -1.28. The number of fused-ring (bicyclic) bond motifs is 1. The van der Waals surface area contributed by atoms with Crippen LogP contribution in [0.4, 0.5) is 0 Å². The summed E-state index contributed by atoms with van der Waals surface area (Å²) in [6.45, 7) is 3.87. The number of hydrogen-bond donors (Lipinski definition) is 2. The molecule has 0 aromatic heterocycles. The Morgan fingerprint density at radius 2 is 1.93 bits per heavy atom. The van der Waals surface area contributed by atoms with E-state index in [1.165, 1.54) is 0 Å². The van der Waals surface area contributed by atoms with E-state index in [0.717, 1.165) is 11.1 Å². The zero-order chi connectivity index (χ0) is 10.3. The first-order valence-electron chi connectivity index (χ1n) is 4.78. The van der Waals surface area contributed by atoms with Crippen molar-refractivity contribution in [3.63, 3.8) is 0 Å². The fourth-order valence-corrected chi connectivity index (χ4v) is 2.09. The van der Waals surface area contributed by atoms with Crippen LogP contribution in [0.2, 0.25) is 0 Å². The molecule has 1 aromatic carbocycles. The number of aliphatic hydroxyl groups excluding tert-OH is 1. The highest BCUT2D eigenvalue weighted by Crippen LogP contribution is 2.40. The van der Waals surface area contributed by atoms with Crippen LogP contribution in [0, 0.1) is 0 Å². The van der Waals surface area contributed by atoms with Gasteiger partial charge in [-0.15, -0.1) is 0 Å². The Bertz CT molecular complexity index is 388. The highest BCUT2D eigenvalue weighted by molar-refractivity contribution is 5.65. The SMILES string of the molecule is CC(C)(N)C1C(O)=Cc2ccccc21. The van der Waals surface area contributed by atoms with Crippen molar-refractivity contribution in [1.29, 1.82) is 0 Å². The van der Waals surface area contributed by atoms with Crippen LogP contribution in [0.15, 0.2) is 30.0 Å². The molecule has 1 aromatic rings. The molecule has 0 saturated heterocycles. The maximum Gasteiger partial charge on any atom is 0.102 e. The first-order chi connectivity index (χ1) is 6.50. The maximum atomic E-state index is 9.83. The summed E-state index contributed by atoms with van der Waals surface area (Å²) >= 11 is 0. The van der Waals surface area contributed by atoms with Crippen LogP contribution < -0.4 is 5.73 Å². The topological polar surface area (TPSA) is 46.2 Å². The fourth-order valence-electron chi connectivity index (χ4n) is 2.09. The average molecular weight is 189 g/mol. The summed E-state index contributed by atoms with van der Waals surface area (Å²) in [4.78, 5) is 0. The van der Waals surface area contributed by atoms with Crippen LogP contribution in [0.5, 0.6) is 0 Å². The molecule has 1 atom stereocenters. The molecule has 1 aliphatic carbocycles. The van der Waals surface area contributed by atoms with Gasteiger partial charge in [-0.2, -0.15) is 0 Å². The first-order valence-corrected chi connectivity index (χ1v) is 4.78. The van der Waals surface area contributed by atoms with Gasteiger partial charge >= 0.3 is 0 Å². The quantitative estimate of drug-likeness (QED) is 0.712. The van der Waals surface area contributed by atoms with Gasteiger partial charge in [0.1, 0.15) is 5.76 Å². The molecule has 3 N–H and O–H groups in total. The number of nitrogens with two attached hydrogens (primary N) is 1. The van der Waals surface area contributed by atoms with Gasteiger partial charge in [-0.1, -0.05) is 24.3 Å². The highest BCUT2D eigenvalue weighted by atomic mass is 16.3. The average Bonchev–Trinajstić information content (AvgIpc) is 2.38. The van der Waals surface area contributed by atoms with E-state index in [1.807, 2.05) is 38.1 Å². The van der Waals surface area contributed by atoms with Gasteiger partial charge in [0, 0.05) is 5.54 Å². The van der Waals surface area contributed by atoms with Crippen molar-refractivity contribution in [2.75, 3.05) is 0 Å². The van der Waals surface area contributed by atoms with E-state index in [2.05, 4.69) is 0 Å². The van der Waals surface area contributed by atoms with Gasteiger partial charge in [-0.25, -0.2) is 0 Å². The Balaban J connectivity index is 2.52. The molecule has 0 heterocycles. The molecule has 0 fully saturated rings. The molecule has 14 heavy (non-hydrogen) atoms. The third-order valence-corrected chi connectivity index (χ3v) is 2.65. The normalized spacial score (nSPS) is 20.5. The third-order valence-electron chi connectivity index (χ3n) is 2.65. The molecule has 2 rings (SSSR count). The van der Waals surface area contributed by atoms with Crippen LogP contribution in [-0.2, 0) is 0 Å². The van der Waals surface area contributed by atoms with Gasteiger partial charge < -0.3 is 10.8 Å². The molecule has 0 aliphatic heterocycles. The Labute approximate surface area is 84.1 Å². The molecule has 74 valence electrons. The Morgan fingerprint density at radius 3 is 2.57 bits per heavy atom.